The molecule has 2 N–H and O–H groups in total. The lowest BCUT2D eigenvalue weighted by Crippen LogP contribution is -2.43. The van der Waals surface area contributed by atoms with Crippen LogP contribution < -0.4 is 4.72 Å². The van der Waals surface area contributed by atoms with Gasteiger partial charge in [-0.25, -0.2) is 17.5 Å². The van der Waals surface area contributed by atoms with Gasteiger partial charge in [0.2, 0.25) is 10.0 Å². The van der Waals surface area contributed by atoms with Gasteiger partial charge in [-0.2, -0.15) is 0 Å². The van der Waals surface area contributed by atoms with Crippen molar-refractivity contribution in [3.63, 3.8) is 0 Å². The lowest BCUT2D eigenvalue weighted by Gasteiger charge is -2.31. The summed E-state index contributed by atoms with van der Waals surface area (Å²) < 4.78 is 41.2. The molecule has 4 nitrogen and oxygen atoms in total. The third kappa shape index (κ3) is 3.62. The number of hydrogen-bond acceptors (Lipinski definition) is 3. The first-order valence-electron chi connectivity index (χ1n) is 7.25. The maximum absolute atomic E-state index is 13.3. The summed E-state index contributed by atoms with van der Waals surface area (Å²) in [4.78, 5) is 0.145. The molecule has 1 aliphatic rings. The van der Waals surface area contributed by atoms with Crippen LogP contribution in [0.1, 0.15) is 36.8 Å². The van der Waals surface area contributed by atoms with Crippen LogP contribution in [-0.4, -0.2) is 26.2 Å². The van der Waals surface area contributed by atoms with E-state index in [9.17, 15) is 17.9 Å². The summed E-state index contributed by atoms with van der Waals surface area (Å²) >= 11 is 0. The molecule has 2 unspecified atom stereocenters. The van der Waals surface area contributed by atoms with Crippen molar-refractivity contribution < 1.29 is 17.9 Å². The zero-order valence-electron chi connectivity index (χ0n) is 12.4. The van der Waals surface area contributed by atoms with Gasteiger partial charge in [-0.1, -0.05) is 12.8 Å². The van der Waals surface area contributed by atoms with Crippen LogP contribution in [0.3, 0.4) is 0 Å². The van der Waals surface area contributed by atoms with E-state index in [1.54, 1.807) is 13.8 Å². The van der Waals surface area contributed by atoms with Crippen LogP contribution in [0.4, 0.5) is 4.39 Å². The minimum Gasteiger partial charge on any atom is -0.396 e. The van der Waals surface area contributed by atoms with Crippen molar-refractivity contribution in [2.24, 2.45) is 5.92 Å². The van der Waals surface area contributed by atoms with Gasteiger partial charge < -0.3 is 5.11 Å². The fourth-order valence-corrected chi connectivity index (χ4v) is 4.95. The Bertz CT molecular complexity index is 592. The highest BCUT2D eigenvalue weighted by molar-refractivity contribution is 7.89. The quantitative estimate of drug-likeness (QED) is 0.896. The molecule has 1 saturated carbocycles. The van der Waals surface area contributed by atoms with E-state index in [1.807, 2.05) is 0 Å². The number of benzene rings is 1. The number of rotatable bonds is 4. The van der Waals surface area contributed by atoms with Gasteiger partial charge in [-0.15, -0.1) is 0 Å². The van der Waals surface area contributed by atoms with E-state index in [-0.39, 0.29) is 23.5 Å². The smallest absolute Gasteiger partial charge is 0.241 e. The van der Waals surface area contributed by atoms with E-state index in [4.69, 9.17) is 0 Å². The number of sulfonamides is 1. The maximum atomic E-state index is 13.3. The fraction of sp³-hybridized carbons (Fsp3) is 0.600. The van der Waals surface area contributed by atoms with Gasteiger partial charge >= 0.3 is 0 Å². The molecule has 1 aromatic rings. The van der Waals surface area contributed by atoms with Gasteiger partial charge in [-0.05, 0) is 55.9 Å². The monoisotopic (exact) mass is 315 g/mol. The van der Waals surface area contributed by atoms with Crippen molar-refractivity contribution in [3.05, 3.63) is 29.1 Å². The second-order valence-electron chi connectivity index (χ2n) is 5.82. The molecule has 0 aliphatic heterocycles. The normalized spacial score (nSPS) is 23.2. The first-order chi connectivity index (χ1) is 9.85. The van der Waals surface area contributed by atoms with E-state index in [0.29, 0.717) is 11.1 Å². The van der Waals surface area contributed by atoms with Crippen molar-refractivity contribution in [2.45, 2.75) is 50.5 Å². The van der Waals surface area contributed by atoms with Gasteiger partial charge in [0.25, 0.3) is 0 Å². The Morgan fingerprint density at radius 1 is 1.24 bits per heavy atom. The number of hydrogen-bond donors (Lipinski definition) is 2. The van der Waals surface area contributed by atoms with Crippen LogP contribution in [0.15, 0.2) is 17.0 Å². The minimum atomic E-state index is -3.71. The van der Waals surface area contributed by atoms with Crippen molar-refractivity contribution in [3.8, 4) is 0 Å². The Balaban J connectivity index is 2.30. The van der Waals surface area contributed by atoms with Crippen molar-refractivity contribution in [2.75, 3.05) is 6.61 Å². The summed E-state index contributed by atoms with van der Waals surface area (Å²) in [6.45, 7) is 3.17. The number of aliphatic hydroxyl groups is 1. The minimum absolute atomic E-state index is 0.0193. The molecule has 0 radical (unpaired) electrons. The molecule has 21 heavy (non-hydrogen) atoms. The average molecular weight is 315 g/mol. The summed E-state index contributed by atoms with van der Waals surface area (Å²) in [5, 5.41) is 9.39. The molecule has 0 spiro atoms. The molecular weight excluding hydrogens is 293 g/mol. The summed E-state index contributed by atoms with van der Waals surface area (Å²) in [5.41, 5.74) is 0.799. The van der Waals surface area contributed by atoms with E-state index in [1.165, 1.54) is 12.1 Å². The van der Waals surface area contributed by atoms with E-state index >= 15 is 0 Å². The van der Waals surface area contributed by atoms with Gasteiger partial charge in [-0.3, -0.25) is 0 Å². The second kappa shape index (κ2) is 6.42. The zero-order chi connectivity index (χ0) is 15.6. The topological polar surface area (TPSA) is 66.4 Å². The fourth-order valence-electron chi connectivity index (χ4n) is 3.16. The predicted molar refractivity (Wildman–Crippen MR) is 79.0 cm³/mol. The highest BCUT2D eigenvalue weighted by Crippen LogP contribution is 2.27. The second-order valence-corrected chi connectivity index (χ2v) is 7.47. The van der Waals surface area contributed by atoms with Crippen LogP contribution in [0, 0.1) is 25.6 Å². The summed E-state index contributed by atoms with van der Waals surface area (Å²) in [7, 11) is -3.71. The molecule has 0 amide bonds. The number of halogens is 1. The number of aryl methyl sites for hydroxylation is 2. The average Bonchev–Trinajstić information content (AvgIpc) is 2.37. The summed E-state index contributed by atoms with van der Waals surface area (Å²) in [6.07, 6.45) is 3.51. The summed E-state index contributed by atoms with van der Waals surface area (Å²) in [5.74, 6) is -0.482. The molecule has 0 bridgehead atoms. The lowest BCUT2D eigenvalue weighted by molar-refractivity contribution is 0.164. The molecule has 1 fully saturated rings. The zero-order valence-corrected chi connectivity index (χ0v) is 13.2. The first-order valence-corrected chi connectivity index (χ1v) is 8.73. The standard InChI is InChI=1S/C15H22FNO3S/c1-10-7-13(16)8-11(2)15(10)21(19,20)17-14-6-4-3-5-12(14)9-18/h7-8,12,14,17-18H,3-6,9H2,1-2H3. The maximum Gasteiger partial charge on any atom is 0.241 e. The first kappa shape index (κ1) is 16.4. The Labute approximate surface area is 125 Å². The van der Waals surface area contributed by atoms with Crippen molar-refractivity contribution in [1.29, 1.82) is 0 Å². The SMILES string of the molecule is Cc1cc(F)cc(C)c1S(=O)(=O)NC1CCCCC1CO. The molecule has 0 saturated heterocycles. The third-order valence-electron chi connectivity index (χ3n) is 4.14. The van der Waals surface area contributed by atoms with Crippen LogP contribution in [0.5, 0.6) is 0 Å². The van der Waals surface area contributed by atoms with E-state index in [0.717, 1.165) is 25.7 Å². The Morgan fingerprint density at radius 3 is 2.38 bits per heavy atom. The molecule has 1 aromatic carbocycles. The van der Waals surface area contributed by atoms with Gasteiger partial charge in [0.15, 0.2) is 0 Å². The van der Waals surface area contributed by atoms with Crippen molar-refractivity contribution in [1.82, 2.24) is 4.72 Å². The number of aliphatic hydroxyl groups excluding tert-OH is 1. The Kier molecular flexibility index (Phi) is 5.01. The molecule has 118 valence electrons. The lowest BCUT2D eigenvalue weighted by atomic mass is 9.86. The Morgan fingerprint density at radius 2 is 1.81 bits per heavy atom. The van der Waals surface area contributed by atoms with Crippen LogP contribution >= 0.6 is 0 Å². The van der Waals surface area contributed by atoms with Crippen LogP contribution in [-0.2, 0) is 10.0 Å². The molecule has 2 atom stereocenters. The van der Waals surface area contributed by atoms with Gasteiger partial charge in [0, 0.05) is 12.6 Å². The van der Waals surface area contributed by atoms with Crippen molar-refractivity contribution >= 4 is 10.0 Å². The van der Waals surface area contributed by atoms with Crippen LogP contribution in [0.2, 0.25) is 0 Å². The Hall–Kier alpha value is -0.980. The van der Waals surface area contributed by atoms with Gasteiger partial charge in [0.05, 0.1) is 4.90 Å². The van der Waals surface area contributed by atoms with Gasteiger partial charge in [0.1, 0.15) is 5.82 Å². The molecule has 0 aromatic heterocycles. The van der Waals surface area contributed by atoms with E-state index in [2.05, 4.69) is 4.72 Å². The highest BCUT2D eigenvalue weighted by atomic mass is 32.2. The summed E-state index contributed by atoms with van der Waals surface area (Å²) in [6, 6.07) is 2.20. The predicted octanol–water partition coefficient (Wildman–Crippen LogP) is 2.27. The molecule has 1 aliphatic carbocycles. The molecule has 0 heterocycles. The van der Waals surface area contributed by atoms with Crippen LogP contribution in [0.25, 0.3) is 0 Å². The molecular formula is C15H22FNO3S. The largest absolute Gasteiger partial charge is 0.396 e. The highest BCUT2D eigenvalue weighted by Gasteiger charge is 2.30. The van der Waals surface area contributed by atoms with E-state index < -0.39 is 15.8 Å². The molecule has 2 rings (SSSR count). The third-order valence-corrected chi connectivity index (χ3v) is 5.94. The number of nitrogens with one attached hydrogen (secondary N) is 1. The molecule has 6 heteroatoms.